The zero-order chi connectivity index (χ0) is 29.9. The Morgan fingerprint density at radius 3 is 2.63 bits per heavy atom. The topological polar surface area (TPSA) is 163 Å². The van der Waals surface area contributed by atoms with E-state index in [1.807, 2.05) is 0 Å². The molecule has 41 heavy (non-hydrogen) atoms. The van der Waals surface area contributed by atoms with Crippen LogP contribution < -0.4 is 21.7 Å². The number of benzene rings is 1. The van der Waals surface area contributed by atoms with Gasteiger partial charge >= 0.3 is 0 Å². The summed E-state index contributed by atoms with van der Waals surface area (Å²) in [7, 11) is 3.00. The number of nitrogens with two attached hydrogens (primary N) is 2. The first kappa shape index (κ1) is 30.3. The Bertz CT molecular complexity index is 1450. The SMILES string of the molecule is CN=C(CC(N)=N/C(=C/C(N)c1cccc(N2CCc3c(sc4c3CCCC4)C2=O)c1C=O)C(=O)NC)C(C)(C)O. The molecular formula is C30H38N6O4S. The Hall–Kier alpha value is -3.67. The van der Waals surface area contributed by atoms with Gasteiger partial charge in [0.2, 0.25) is 0 Å². The molecular weight excluding hydrogens is 540 g/mol. The molecule has 0 spiro atoms. The molecule has 0 saturated heterocycles. The van der Waals surface area contributed by atoms with E-state index < -0.39 is 17.6 Å². The second-order valence-electron chi connectivity index (χ2n) is 10.8. The molecule has 218 valence electrons. The number of likely N-dealkylation sites (N-methyl/N-ethyl adjacent to an activating group) is 1. The number of amidine groups is 1. The minimum atomic E-state index is -1.21. The minimum absolute atomic E-state index is 0.0455. The van der Waals surface area contributed by atoms with Crippen LogP contribution in [0.1, 0.15) is 80.7 Å². The van der Waals surface area contributed by atoms with Gasteiger partial charge in [-0.05, 0) is 74.8 Å². The predicted molar refractivity (Wildman–Crippen MR) is 163 cm³/mol. The van der Waals surface area contributed by atoms with Crippen LogP contribution in [0.25, 0.3) is 0 Å². The van der Waals surface area contributed by atoms with Crippen LogP contribution >= 0.6 is 11.3 Å². The highest BCUT2D eigenvalue weighted by Gasteiger charge is 2.33. The van der Waals surface area contributed by atoms with Crippen molar-refractivity contribution in [3.63, 3.8) is 0 Å². The van der Waals surface area contributed by atoms with Crippen molar-refractivity contribution in [2.75, 3.05) is 25.5 Å². The van der Waals surface area contributed by atoms with E-state index in [4.69, 9.17) is 11.5 Å². The lowest BCUT2D eigenvalue weighted by Gasteiger charge is -2.29. The highest BCUT2D eigenvalue weighted by molar-refractivity contribution is 7.14. The highest BCUT2D eigenvalue weighted by Crippen LogP contribution is 2.39. The van der Waals surface area contributed by atoms with E-state index in [9.17, 15) is 19.5 Å². The van der Waals surface area contributed by atoms with Gasteiger partial charge in [-0.1, -0.05) is 12.1 Å². The van der Waals surface area contributed by atoms with E-state index in [1.165, 1.54) is 29.1 Å². The largest absolute Gasteiger partial charge is 0.387 e. The van der Waals surface area contributed by atoms with Gasteiger partial charge in [-0.2, -0.15) is 0 Å². The second kappa shape index (κ2) is 12.5. The van der Waals surface area contributed by atoms with Gasteiger partial charge in [0.15, 0.2) is 6.29 Å². The third-order valence-corrected chi connectivity index (χ3v) is 8.90. The predicted octanol–water partition coefficient (Wildman–Crippen LogP) is 2.86. The fourth-order valence-corrected chi connectivity index (χ4v) is 6.84. The smallest absolute Gasteiger partial charge is 0.269 e. The quantitative estimate of drug-likeness (QED) is 0.155. The van der Waals surface area contributed by atoms with Crippen molar-refractivity contribution in [1.82, 2.24) is 5.32 Å². The van der Waals surface area contributed by atoms with E-state index in [1.54, 1.807) is 55.3 Å². The number of nitrogens with one attached hydrogen (secondary N) is 1. The third kappa shape index (κ3) is 6.32. The van der Waals surface area contributed by atoms with Crippen LogP contribution in [-0.2, 0) is 24.1 Å². The van der Waals surface area contributed by atoms with Gasteiger partial charge in [0.05, 0.1) is 27.9 Å². The first-order valence-corrected chi connectivity index (χ1v) is 14.6. The molecule has 0 fully saturated rings. The molecule has 1 aromatic carbocycles. The number of aliphatic imine (C=N–C) groups is 2. The van der Waals surface area contributed by atoms with Crippen LogP contribution in [-0.4, -0.2) is 61.0 Å². The molecule has 2 aromatic rings. The molecule has 0 saturated carbocycles. The highest BCUT2D eigenvalue weighted by atomic mass is 32.1. The normalized spacial score (nSPS) is 17.2. The molecule has 11 heteroatoms. The number of fused-ring (bicyclic) bond motifs is 3. The average molecular weight is 579 g/mol. The standard InChI is InChI=1S/C30H38N6O4S/c1-30(2,40)25(33-3)15-26(32)35-22(28(38)34-4)14-21(31)17-9-7-10-23(20(17)16-37)36-13-12-19-18-8-5-6-11-24(18)41-27(19)29(36)39/h7,9-10,14,16,21,40H,5-6,8,11-13,15,31H2,1-4H3,(H2,32,35)(H,34,38)/b22-14+,33-25?. The number of hydrogen-bond acceptors (Lipinski definition) is 8. The molecule has 0 radical (unpaired) electrons. The number of aryl methyl sites for hydroxylation is 1. The fourth-order valence-electron chi connectivity index (χ4n) is 5.46. The van der Waals surface area contributed by atoms with E-state index in [-0.39, 0.29) is 29.4 Å². The summed E-state index contributed by atoms with van der Waals surface area (Å²) in [5.74, 6) is -0.558. The summed E-state index contributed by atoms with van der Waals surface area (Å²) in [6.45, 7) is 3.64. The van der Waals surface area contributed by atoms with Crippen molar-refractivity contribution in [2.24, 2.45) is 21.5 Å². The summed E-state index contributed by atoms with van der Waals surface area (Å²) in [4.78, 5) is 50.9. The number of rotatable bonds is 9. The Morgan fingerprint density at radius 1 is 1.24 bits per heavy atom. The van der Waals surface area contributed by atoms with Crippen molar-refractivity contribution in [2.45, 2.75) is 64.0 Å². The van der Waals surface area contributed by atoms with Gasteiger partial charge in [0.25, 0.3) is 11.8 Å². The fraction of sp³-hybridized carbons (Fsp3) is 0.433. The Morgan fingerprint density at radius 2 is 1.98 bits per heavy atom. The maximum absolute atomic E-state index is 13.7. The maximum Gasteiger partial charge on any atom is 0.269 e. The molecule has 1 atom stereocenters. The van der Waals surface area contributed by atoms with Crippen molar-refractivity contribution in [1.29, 1.82) is 0 Å². The first-order chi connectivity index (χ1) is 19.5. The average Bonchev–Trinajstić information content (AvgIpc) is 3.34. The monoisotopic (exact) mass is 578 g/mol. The summed E-state index contributed by atoms with van der Waals surface area (Å²) in [6, 6.07) is 4.29. The number of nitrogens with zero attached hydrogens (tertiary/aromatic N) is 3. The lowest BCUT2D eigenvalue weighted by atomic mass is 9.91. The van der Waals surface area contributed by atoms with E-state index >= 15 is 0 Å². The summed E-state index contributed by atoms with van der Waals surface area (Å²) >= 11 is 1.59. The van der Waals surface area contributed by atoms with Gasteiger partial charge < -0.3 is 26.8 Å². The molecule has 4 rings (SSSR count). The molecule has 1 unspecified atom stereocenters. The van der Waals surface area contributed by atoms with Gasteiger partial charge in [-0.3, -0.25) is 19.4 Å². The van der Waals surface area contributed by atoms with Crippen molar-refractivity contribution in [3.8, 4) is 0 Å². The zero-order valence-electron chi connectivity index (χ0n) is 24.0. The van der Waals surface area contributed by atoms with Gasteiger partial charge in [0, 0.05) is 37.5 Å². The van der Waals surface area contributed by atoms with Crippen LogP contribution in [0.15, 0.2) is 40.0 Å². The van der Waals surface area contributed by atoms with Crippen molar-refractivity contribution >= 4 is 46.7 Å². The first-order valence-electron chi connectivity index (χ1n) is 13.7. The molecule has 2 aliphatic rings. The number of carbonyl (C=O) groups is 3. The van der Waals surface area contributed by atoms with Crippen LogP contribution in [0.3, 0.4) is 0 Å². The molecule has 2 heterocycles. The van der Waals surface area contributed by atoms with Crippen LogP contribution in [0.4, 0.5) is 5.69 Å². The molecule has 1 aromatic heterocycles. The van der Waals surface area contributed by atoms with Crippen molar-refractivity contribution in [3.05, 3.63) is 62.0 Å². The number of hydrogen-bond donors (Lipinski definition) is 4. The zero-order valence-corrected chi connectivity index (χ0v) is 24.8. The van der Waals surface area contributed by atoms with Crippen LogP contribution in [0.5, 0.6) is 0 Å². The molecule has 1 aliphatic carbocycles. The Balaban J connectivity index is 1.67. The summed E-state index contributed by atoms with van der Waals surface area (Å²) in [5.41, 5.74) is 15.5. The van der Waals surface area contributed by atoms with E-state index in [0.29, 0.717) is 29.8 Å². The number of anilines is 1. The second-order valence-corrected chi connectivity index (χ2v) is 11.9. The number of amides is 2. The number of aldehydes is 1. The maximum atomic E-state index is 13.7. The molecule has 6 N–H and O–H groups in total. The Labute approximate surface area is 244 Å². The van der Waals surface area contributed by atoms with E-state index in [0.717, 1.165) is 37.0 Å². The number of carbonyl (C=O) groups excluding carboxylic acids is 3. The summed E-state index contributed by atoms with van der Waals surface area (Å²) < 4.78 is 0. The van der Waals surface area contributed by atoms with Crippen molar-refractivity contribution < 1.29 is 19.5 Å². The summed E-state index contributed by atoms with van der Waals surface area (Å²) in [5, 5.41) is 12.8. The van der Waals surface area contributed by atoms with Crippen LogP contribution in [0.2, 0.25) is 0 Å². The minimum Gasteiger partial charge on any atom is -0.387 e. The summed E-state index contributed by atoms with van der Waals surface area (Å²) in [6.07, 6.45) is 7.25. The molecule has 2 amide bonds. The molecule has 1 aliphatic heterocycles. The number of aliphatic hydroxyl groups is 1. The molecule has 10 nitrogen and oxygen atoms in total. The molecule has 0 bridgehead atoms. The van der Waals surface area contributed by atoms with Gasteiger partial charge in [-0.25, -0.2) is 4.99 Å². The van der Waals surface area contributed by atoms with Crippen LogP contribution in [0, 0.1) is 0 Å². The Kier molecular flexibility index (Phi) is 9.21. The van der Waals surface area contributed by atoms with Gasteiger partial charge in [0.1, 0.15) is 11.5 Å². The number of thiophene rings is 1. The van der Waals surface area contributed by atoms with E-state index in [2.05, 4.69) is 15.3 Å². The van der Waals surface area contributed by atoms with Gasteiger partial charge in [-0.15, -0.1) is 11.3 Å². The lowest BCUT2D eigenvalue weighted by Crippen LogP contribution is -2.38. The third-order valence-electron chi connectivity index (χ3n) is 7.58. The lowest BCUT2D eigenvalue weighted by molar-refractivity contribution is -0.117.